The topological polar surface area (TPSA) is 67.4 Å². The smallest absolute Gasteiger partial charge is 0.262 e. The molecule has 0 aliphatic heterocycles. The summed E-state index contributed by atoms with van der Waals surface area (Å²) < 4.78 is 5.96. The van der Waals surface area contributed by atoms with Gasteiger partial charge in [0.1, 0.15) is 11.8 Å². The number of halogens is 1. The number of ether oxygens (including phenoxy) is 1. The fourth-order valence-corrected chi connectivity index (χ4v) is 3.14. The second-order valence-corrected chi connectivity index (χ2v) is 7.33. The molecule has 0 spiro atoms. The van der Waals surface area contributed by atoms with Crippen LogP contribution in [0.25, 0.3) is 0 Å². The number of rotatable bonds is 6. The van der Waals surface area contributed by atoms with Crippen LogP contribution >= 0.6 is 27.3 Å². The second kappa shape index (κ2) is 8.12. The van der Waals surface area contributed by atoms with Gasteiger partial charge in [-0.25, -0.2) is 0 Å². The highest BCUT2D eigenvalue weighted by Gasteiger charge is 2.17. The molecule has 0 fully saturated rings. The van der Waals surface area contributed by atoms with Gasteiger partial charge in [0.25, 0.3) is 5.91 Å². The standard InChI is InChI=1S/C16H17BrN2O3S/c1-10(19-16(21)13-7-8-14(17)23-13)15(20)18-9-11-3-5-12(22-2)6-4-11/h3-8,10H,9H2,1-2H3,(H,18,20)(H,19,21). The molecule has 0 aliphatic rings. The SMILES string of the molecule is COc1ccc(CNC(=O)C(C)NC(=O)c2ccc(Br)s2)cc1. The van der Waals surface area contributed by atoms with Crippen molar-refractivity contribution in [3.05, 3.63) is 50.6 Å². The number of methoxy groups -OCH3 is 1. The Morgan fingerprint density at radius 1 is 1.22 bits per heavy atom. The maximum Gasteiger partial charge on any atom is 0.262 e. The van der Waals surface area contributed by atoms with Gasteiger partial charge in [-0.3, -0.25) is 9.59 Å². The number of hydrogen-bond donors (Lipinski definition) is 2. The largest absolute Gasteiger partial charge is 0.497 e. The minimum absolute atomic E-state index is 0.232. The third-order valence-corrected chi connectivity index (χ3v) is 4.79. The van der Waals surface area contributed by atoms with E-state index in [0.29, 0.717) is 11.4 Å². The zero-order valence-electron chi connectivity index (χ0n) is 12.8. The molecule has 0 bridgehead atoms. The molecule has 2 aromatic rings. The third kappa shape index (κ3) is 5.07. The van der Waals surface area contributed by atoms with Crippen LogP contribution in [0.2, 0.25) is 0 Å². The van der Waals surface area contributed by atoms with E-state index in [4.69, 9.17) is 4.74 Å². The van der Waals surface area contributed by atoms with Gasteiger partial charge < -0.3 is 15.4 Å². The summed E-state index contributed by atoms with van der Waals surface area (Å²) in [7, 11) is 1.60. The number of hydrogen-bond acceptors (Lipinski definition) is 4. The lowest BCUT2D eigenvalue weighted by atomic mass is 10.2. The van der Waals surface area contributed by atoms with Crippen molar-refractivity contribution in [2.24, 2.45) is 0 Å². The van der Waals surface area contributed by atoms with Crippen molar-refractivity contribution >= 4 is 39.1 Å². The number of amides is 2. The van der Waals surface area contributed by atoms with Crippen LogP contribution in [0.5, 0.6) is 5.75 Å². The van der Waals surface area contributed by atoms with E-state index in [1.54, 1.807) is 26.2 Å². The first kappa shape index (κ1) is 17.5. The van der Waals surface area contributed by atoms with Crippen molar-refractivity contribution in [1.29, 1.82) is 0 Å². The molecule has 0 aliphatic carbocycles. The van der Waals surface area contributed by atoms with E-state index in [9.17, 15) is 9.59 Å². The van der Waals surface area contributed by atoms with Gasteiger partial charge in [0, 0.05) is 6.54 Å². The van der Waals surface area contributed by atoms with Gasteiger partial charge in [-0.1, -0.05) is 12.1 Å². The Morgan fingerprint density at radius 2 is 1.91 bits per heavy atom. The first-order valence-electron chi connectivity index (χ1n) is 6.96. The maximum absolute atomic E-state index is 12.1. The Bertz CT molecular complexity index is 685. The molecular weight excluding hydrogens is 380 g/mol. The zero-order valence-corrected chi connectivity index (χ0v) is 15.2. The molecule has 2 rings (SSSR count). The van der Waals surface area contributed by atoms with Crippen LogP contribution in [-0.2, 0) is 11.3 Å². The highest BCUT2D eigenvalue weighted by atomic mass is 79.9. The van der Waals surface area contributed by atoms with Crippen LogP contribution in [0.4, 0.5) is 0 Å². The summed E-state index contributed by atoms with van der Waals surface area (Å²) in [5, 5.41) is 5.48. The lowest BCUT2D eigenvalue weighted by Gasteiger charge is -2.13. The highest BCUT2D eigenvalue weighted by Crippen LogP contribution is 2.21. The summed E-state index contributed by atoms with van der Waals surface area (Å²) in [5.41, 5.74) is 0.958. The number of carbonyl (C=O) groups is 2. The van der Waals surface area contributed by atoms with Crippen LogP contribution in [0.3, 0.4) is 0 Å². The molecule has 0 radical (unpaired) electrons. The zero-order chi connectivity index (χ0) is 16.8. The fourth-order valence-electron chi connectivity index (χ4n) is 1.86. The van der Waals surface area contributed by atoms with Gasteiger partial charge in [0.15, 0.2) is 0 Å². The van der Waals surface area contributed by atoms with E-state index < -0.39 is 6.04 Å². The Hall–Kier alpha value is -1.86. The van der Waals surface area contributed by atoms with Crippen molar-refractivity contribution in [1.82, 2.24) is 10.6 Å². The van der Waals surface area contributed by atoms with Crippen LogP contribution in [0.15, 0.2) is 40.2 Å². The first-order chi connectivity index (χ1) is 11.0. The number of thiophene rings is 1. The Morgan fingerprint density at radius 3 is 2.48 bits per heavy atom. The maximum atomic E-state index is 12.1. The van der Waals surface area contributed by atoms with Crippen molar-refractivity contribution in [2.75, 3.05) is 7.11 Å². The quantitative estimate of drug-likeness (QED) is 0.788. The molecule has 1 heterocycles. The predicted molar refractivity (Wildman–Crippen MR) is 93.8 cm³/mol. The first-order valence-corrected chi connectivity index (χ1v) is 8.57. The minimum atomic E-state index is -0.610. The molecule has 0 saturated carbocycles. The molecule has 0 saturated heterocycles. The highest BCUT2D eigenvalue weighted by molar-refractivity contribution is 9.11. The number of benzene rings is 1. The van der Waals surface area contributed by atoms with Gasteiger partial charge in [-0.2, -0.15) is 0 Å². The molecule has 23 heavy (non-hydrogen) atoms. The summed E-state index contributed by atoms with van der Waals surface area (Å²) in [6, 6.07) is 10.3. The lowest BCUT2D eigenvalue weighted by molar-refractivity contribution is -0.122. The van der Waals surface area contributed by atoms with Crippen molar-refractivity contribution in [2.45, 2.75) is 19.5 Å². The van der Waals surface area contributed by atoms with E-state index in [-0.39, 0.29) is 11.8 Å². The lowest BCUT2D eigenvalue weighted by Crippen LogP contribution is -2.44. The molecule has 2 N–H and O–H groups in total. The Labute approximate surface area is 147 Å². The van der Waals surface area contributed by atoms with Crippen molar-refractivity contribution in [3.63, 3.8) is 0 Å². The summed E-state index contributed by atoms with van der Waals surface area (Å²) in [6.07, 6.45) is 0. The predicted octanol–water partition coefficient (Wildman–Crippen LogP) is 2.95. The van der Waals surface area contributed by atoms with Crippen molar-refractivity contribution in [3.8, 4) is 5.75 Å². The summed E-state index contributed by atoms with van der Waals surface area (Å²) in [5.74, 6) is 0.278. The molecule has 2 amide bonds. The summed E-state index contributed by atoms with van der Waals surface area (Å²) >= 11 is 4.63. The second-order valence-electron chi connectivity index (χ2n) is 4.86. The monoisotopic (exact) mass is 396 g/mol. The van der Waals surface area contributed by atoms with Gasteiger partial charge >= 0.3 is 0 Å². The molecule has 122 valence electrons. The average molecular weight is 397 g/mol. The molecule has 1 aromatic carbocycles. The van der Waals surface area contributed by atoms with Gasteiger partial charge in [0.2, 0.25) is 5.91 Å². The molecule has 1 unspecified atom stereocenters. The molecular formula is C16H17BrN2O3S. The van der Waals surface area contributed by atoms with E-state index >= 15 is 0 Å². The molecule has 1 atom stereocenters. The molecule has 1 aromatic heterocycles. The van der Waals surface area contributed by atoms with Crippen LogP contribution in [0.1, 0.15) is 22.2 Å². The fraction of sp³-hybridized carbons (Fsp3) is 0.250. The number of carbonyl (C=O) groups excluding carboxylic acids is 2. The van der Waals surface area contributed by atoms with Gasteiger partial charge in [-0.05, 0) is 52.7 Å². The van der Waals surface area contributed by atoms with Gasteiger partial charge in [-0.15, -0.1) is 11.3 Å². The van der Waals surface area contributed by atoms with E-state index in [1.165, 1.54) is 11.3 Å². The van der Waals surface area contributed by atoms with Crippen LogP contribution < -0.4 is 15.4 Å². The average Bonchev–Trinajstić information content (AvgIpc) is 2.99. The van der Waals surface area contributed by atoms with Crippen LogP contribution in [-0.4, -0.2) is 25.0 Å². The Balaban J connectivity index is 1.83. The Kier molecular flexibility index (Phi) is 6.18. The van der Waals surface area contributed by atoms with E-state index in [2.05, 4.69) is 26.6 Å². The molecule has 7 heteroatoms. The normalized spacial score (nSPS) is 11.6. The van der Waals surface area contributed by atoms with Gasteiger partial charge in [0.05, 0.1) is 15.8 Å². The van der Waals surface area contributed by atoms with E-state index in [0.717, 1.165) is 15.1 Å². The summed E-state index contributed by atoms with van der Waals surface area (Å²) in [4.78, 5) is 24.6. The molecule has 5 nitrogen and oxygen atoms in total. The third-order valence-electron chi connectivity index (χ3n) is 3.16. The minimum Gasteiger partial charge on any atom is -0.497 e. The van der Waals surface area contributed by atoms with Crippen molar-refractivity contribution < 1.29 is 14.3 Å². The van der Waals surface area contributed by atoms with Crippen LogP contribution in [0, 0.1) is 0 Å². The van der Waals surface area contributed by atoms with E-state index in [1.807, 2.05) is 24.3 Å². The number of nitrogens with one attached hydrogen (secondary N) is 2. The summed E-state index contributed by atoms with van der Waals surface area (Å²) in [6.45, 7) is 2.05.